The summed E-state index contributed by atoms with van der Waals surface area (Å²) in [7, 11) is 0. The van der Waals surface area contributed by atoms with Crippen molar-refractivity contribution in [2.24, 2.45) is 0 Å². The standard InChI is InChI=1S/C63H70N3O.Pt/c1-16-63(14,15)46-29-30-54(50(37-46)41-21-18-17-19-22-41)66-55-24-20-23-49(56(55)65-58(66)51-38-48(61(8,9)10)39-52(57(51)67)62(11,12)13)43-33-44(35-47(34-43)60(5,6)7)53-36-42(31-32-64-53)40-25-27-45(28-26-40)59(2,3)4;/h17-32,34-39,67H,16H2,1-15H3;/q-1;/i2D3,3D3,4D3,8D3,9D3,10D3,11D3,12D3,13D3;. The summed E-state index contributed by atoms with van der Waals surface area (Å²) in [5.74, 6) is -1.93. The van der Waals surface area contributed by atoms with E-state index in [1.807, 2.05) is 65.8 Å². The maximum Gasteiger partial charge on any atom is 0.148 e. The van der Waals surface area contributed by atoms with Crippen LogP contribution in [0.1, 0.15) is 174 Å². The molecule has 8 rings (SSSR count). The molecule has 0 aliphatic rings. The minimum Gasteiger partial charge on any atom is -0.507 e. The molecule has 5 heteroatoms. The van der Waals surface area contributed by atoms with Gasteiger partial charge in [-0.25, -0.2) is 4.98 Å². The summed E-state index contributed by atoms with van der Waals surface area (Å²) in [6.07, 6.45) is 2.13. The quantitative estimate of drug-likeness (QED) is 0.154. The van der Waals surface area contributed by atoms with Crippen LogP contribution in [-0.4, -0.2) is 19.6 Å². The number of pyridine rings is 1. The molecule has 6 aromatic carbocycles. The minimum absolute atomic E-state index is 0. The summed E-state index contributed by atoms with van der Waals surface area (Å²) in [6.45, 7) is -23.6. The van der Waals surface area contributed by atoms with E-state index in [0.29, 0.717) is 57.1 Å². The van der Waals surface area contributed by atoms with Gasteiger partial charge in [-0.2, -0.15) is 0 Å². The van der Waals surface area contributed by atoms with Crippen molar-refractivity contribution in [2.75, 3.05) is 0 Å². The number of hydrogen-bond acceptors (Lipinski definition) is 3. The number of phenolic OH excluding ortho intramolecular Hbond substituents is 1. The Morgan fingerprint density at radius 1 is 0.559 bits per heavy atom. The van der Waals surface area contributed by atoms with Crippen LogP contribution in [0.2, 0.25) is 0 Å². The number of hydrogen-bond donors (Lipinski definition) is 1. The molecule has 0 saturated carbocycles. The van der Waals surface area contributed by atoms with Gasteiger partial charge in [0.15, 0.2) is 0 Å². The molecular formula is C63H70N3OPt-. The van der Waals surface area contributed by atoms with Gasteiger partial charge >= 0.3 is 0 Å². The van der Waals surface area contributed by atoms with Crippen LogP contribution in [0, 0.1) is 6.07 Å². The van der Waals surface area contributed by atoms with Gasteiger partial charge in [-0.1, -0.05) is 199 Å². The van der Waals surface area contributed by atoms with E-state index in [2.05, 4.69) is 6.07 Å². The van der Waals surface area contributed by atoms with Gasteiger partial charge in [-0.15, -0.1) is 29.3 Å². The van der Waals surface area contributed by atoms with E-state index >= 15 is 0 Å². The molecule has 0 fully saturated rings. The van der Waals surface area contributed by atoms with Crippen LogP contribution >= 0.6 is 0 Å². The molecule has 0 amide bonds. The van der Waals surface area contributed by atoms with E-state index in [1.54, 1.807) is 66.7 Å². The van der Waals surface area contributed by atoms with Crippen molar-refractivity contribution in [3.05, 3.63) is 167 Å². The Morgan fingerprint density at radius 3 is 1.85 bits per heavy atom. The Morgan fingerprint density at radius 2 is 1.19 bits per heavy atom. The van der Waals surface area contributed by atoms with E-state index in [1.165, 1.54) is 22.9 Å². The average Bonchev–Trinajstić information content (AvgIpc) is 1.09. The predicted molar refractivity (Wildman–Crippen MR) is 285 cm³/mol. The molecule has 0 bridgehead atoms. The summed E-state index contributed by atoms with van der Waals surface area (Å²) in [5.41, 5.74) is -11.5. The zero-order chi connectivity index (χ0) is 70.9. The van der Waals surface area contributed by atoms with Crippen molar-refractivity contribution in [2.45, 2.75) is 137 Å². The number of nitrogens with zero attached hydrogens (tertiary/aromatic N) is 3. The topological polar surface area (TPSA) is 50.9 Å². The van der Waals surface area contributed by atoms with Crippen LogP contribution < -0.4 is 0 Å². The molecule has 0 unspecified atom stereocenters. The fourth-order valence-electron chi connectivity index (χ4n) is 8.21. The monoisotopic (exact) mass is 1110 g/mol. The van der Waals surface area contributed by atoms with Crippen molar-refractivity contribution < 1.29 is 63.2 Å². The summed E-state index contributed by atoms with van der Waals surface area (Å²) < 4.78 is 234. The number of imidazole rings is 1. The third-order valence-corrected chi connectivity index (χ3v) is 12.6. The SMILES string of the molecule is [2H]C([2H])([2H])C(c1ccc(-c2ccnc(-c3[c-]c(-c4cccc5c4nc(-c4cc(C(C([2H])([2H])[2H])(C([2H])([2H])[2H])C([2H])([2H])[2H])cc(C(C([2H])([2H])[2H])(C([2H])([2H])[2H])C([2H])([2H])[2H])c4O)n5-c4ccc(C(C)(C)CC)cc4-c4ccccc4)cc(C(C)(C)C)c3)c2)cc1)(C([2H])([2H])[2H])C([2H])([2H])[2H].[Pt]. The van der Waals surface area contributed by atoms with Crippen LogP contribution in [0.25, 0.3) is 72.7 Å². The predicted octanol–water partition coefficient (Wildman–Crippen LogP) is 17.1. The molecule has 1 N–H and O–H groups in total. The third kappa shape index (κ3) is 9.95. The summed E-state index contributed by atoms with van der Waals surface area (Å²) in [4.78, 5) is 9.88. The van der Waals surface area contributed by atoms with Crippen LogP contribution in [-0.2, 0) is 48.1 Å². The van der Waals surface area contributed by atoms with Crippen LogP contribution in [0.3, 0.4) is 0 Å². The fourth-order valence-corrected chi connectivity index (χ4v) is 8.21. The molecule has 0 aliphatic carbocycles. The summed E-state index contributed by atoms with van der Waals surface area (Å²) in [6, 6.07) is 35.7. The normalized spacial score (nSPS) is 20.2. The van der Waals surface area contributed by atoms with Gasteiger partial charge in [0.05, 0.1) is 22.3 Å². The van der Waals surface area contributed by atoms with Crippen molar-refractivity contribution in [1.82, 2.24) is 14.5 Å². The number of benzene rings is 6. The van der Waals surface area contributed by atoms with Gasteiger partial charge in [-0.3, -0.25) is 9.55 Å². The van der Waals surface area contributed by atoms with E-state index < -0.39 is 123 Å². The largest absolute Gasteiger partial charge is 0.507 e. The first-order chi connectivity index (χ1) is 42.6. The first kappa shape index (κ1) is 25.9. The molecule has 0 aliphatic heterocycles. The second kappa shape index (κ2) is 18.4. The Balaban J connectivity index is 0.0000128. The van der Waals surface area contributed by atoms with E-state index in [4.69, 9.17) is 47.0 Å². The number of fused-ring (bicyclic) bond motifs is 1. The van der Waals surface area contributed by atoms with Crippen LogP contribution in [0.4, 0.5) is 0 Å². The van der Waals surface area contributed by atoms with Crippen molar-refractivity contribution in [3.8, 4) is 67.5 Å². The molecule has 0 spiro atoms. The van der Waals surface area contributed by atoms with Crippen molar-refractivity contribution in [1.29, 1.82) is 0 Å². The Bertz CT molecular complexity index is 4030. The van der Waals surface area contributed by atoms with Gasteiger partial charge in [0.1, 0.15) is 11.6 Å². The third-order valence-electron chi connectivity index (χ3n) is 12.6. The Labute approximate surface area is 459 Å². The maximum absolute atomic E-state index is 13.2. The van der Waals surface area contributed by atoms with Crippen molar-refractivity contribution >= 4 is 11.0 Å². The fraction of sp³-hybridized carbons (Fsp3) is 0.333. The average molecular weight is 1110 g/mol. The number of phenols is 1. The molecule has 354 valence electrons. The van der Waals surface area contributed by atoms with Crippen LogP contribution in [0.5, 0.6) is 5.75 Å². The second-order valence-corrected chi connectivity index (χ2v) is 18.9. The zero-order valence-electron chi connectivity index (χ0n) is 65.5. The van der Waals surface area contributed by atoms with E-state index in [-0.39, 0.29) is 49.4 Å². The number of para-hydroxylation sites is 1. The van der Waals surface area contributed by atoms with Gasteiger partial charge in [0, 0.05) is 81.1 Å². The number of aromatic nitrogens is 3. The first-order valence-electron chi connectivity index (χ1n) is 35.4. The summed E-state index contributed by atoms with van der Waals surface area (Å²) >= 11 is 0. The molecule has 0 atom stereocenters. The van der Waals surface area contributed by atoms with Gasteiger partial charge < -0.3 is 5.11 Å². The second-order valence-electron chi connectivity index (χ2n) is 18.9. The Kier molecular flexibility index (Phi) is 7.00. The number of aromatic hydroxyl groups is 1. The molecule has 2 aromatic heterocycles. The molecule has 68 heavy (non-hydrogen) atoms. The van der Waals surface area contributed by atoms with Crippen LogP contribution in [0.15, 0.2) is 134 Å². The molecule has 8 aromatic rings. The van der Waals surface area contributed by atoms with Crippen molar-refractivity contribution in [3.63, 3.8) is 0 Å². The molecular weight excluding hydrogens is 1010 g/mol. The molecule has 4 nitrogen and oxygen atoms in total. The van der Waals surface area contributed by atoms with Gasteiger partial charge in [-0.05, 0) is 97.2 Å². The smallest absolute Gasteiger partial charge is 0.148 e. The first-order valence-corrected chi connectivity index (χ1v) is 21.9. The van der Waals surface area contributed by atoms with E-state index in [0.717, 1.165) is 17.7 Å². The zero-order valence-corrected chi connectivity index (χ0v) is 40.8. The molecule has 0 radical (unpaired) electrons. The summed E-state index contributed by atoms with van der Waals surface area (Å²) in [5, 5.41) is 13.2. The minimum atomic E-state index is -4.21. The molecule has 2 heterocycles. The maximum atomic E-state index is 13.2. The van der Waals surface area contributed by atoms with Gasteiger partial charge in [0.2, 0.25) is 0 Å². The van der Waals surface area contributed by atoms with E-state index in [9.17, 15) is 5.11 Å². The molecule has 0 saturated heterocycles. The number of rotatable bonds is 8. The Hall–Kier alpha value is -5.57. The van der Waals surface area contributed by atoms with Gasteiger partial charge in [0.25, 0.3) is 0 Å².